The van der Waals surface area contributed by atoms with Crippen molar-refractivity contribution in [3.8, 4) is 11.4 Å². The van der Waals surface area contributed by atoms with Crippen LogP contribution in [0, 0.1) is 16.0 Å². The number of unbranched alkanes of at least 4 members (excludes halogenated alkanes) is 1. The molecule has 9 nitrogen and oxygen atoms in total. The Hall–Kier alpha value is -3.40. The molecule has 1 aromatic heterocycles. The average molecular weight is 512 g/mol. The molecule has 1 amide bonds. The SMILES string of the molecule is CCCCC(CC)C(=O)NC(C)c1nnc(SCc2cccc(OC)c2)n1-c1ccc([N+](=O)[O-])cc1. The monoisotopic (exact) mass is 511 g/mol. The van der Waals surface area contributed by atoms with Crippen molar-refractivity contribution in [1.29, 1.82) is 0 Å². The summed E-state index contributed by atoms with van der Waals surface area (Å²) in [6, 6.07) is 13.6. The van der Waals surface area contributed by atoms with Gasteiger partial charge in [-0.05, 0) is 49.6 Å². The Morgan fingerprint density at radius 1 is 1.19 bits per heavy atom. The van der Waals surface area contributed by atoms with Crippen LogP contribution in [-0.2, 0) is 10.5 Å². The Balaban J connectivity index is 1.89. The number of methoxy groups -OCH3 is 1. The van der Waals surface area contributed by atoms with Crippen LogP contribution in [0.4, 0.5) is 5.69 Å². The summed E-state index contributed by atoms with van der Waals surface area (Å²) >= 11 is 1.49. The third kappa shape index (κ3) is 6.84. The van der Waals surface area contributed by atoms with Gasteiger partial charge in [-0.3, -0.25) is 19.5 Å². The molecule has 0 spiro atoms. The van der Waals surface area contributed by atoms with Crippen LogP contribution in [0.25, 0.3) is 5.69 Å². The third-order valence-corrected chi connectivity index (χ3v) is 7.00. The molecule has 192 valence electrons. The first-order valence-electron chi connectivity index (χ1n) is 12.1. The van der Waals surface area contributed by atoms with E-state index >= 15 is 0 Å². The molecule has 0 aliphatic rings. The zero-order valence-corrected chi connectivity index (χ0v) is 22.0. The van der Waals surface area contributed by atoms with Gasteiger partial charge in [0.2, 0.25) is 5.91 Å². The molecule has 0 aliphatic carbocycles. The van der Waals surface area contributed by atoms with Crippen molar-refractivity contribution in [2.75, 3.05) is 7.11 Å². The van der Waals surface area contributed by atoms with Crippen molar-refractivity contribution in [2.24, 2.45) is 5.92 Å². The summed E-state index contributed by atoms with van der Waals surface area (Å²) in [5, 5.41) is 23.7. The van der Waals surface area contributed by atoms with Crippen LogP contribution in [0.5, 0.6) is 5.75 Å². The molecule has 2 atom stereocenters. The summed E-state index contributed by atoms with van der Waals surface area (Å²) in [5.74, 6) is 1.91. The van der Waals surface area contributed by atoms with Gasteiger partial charge in [0.05, 0.1) is 18.1 Å². The van der Waals surface area contributed by atoms with Gasteiger partial charge in [-0.25, -0.2) is 0 Å². The number of nitrogens with one attached hydrogen (secondary N) is 1. The van der Waals surface area contributed by atoms with Gasteiger partial charge in [0.25, 0.3) is 5.69 Å². The molecule has 0 radical (unpaired) electrons. The molecule has 3 rings (SSSR count). The van der Waals surface area contributed by atoms with Crippen LogP contribution in [0.3, 0.4) is 0 Å². The van der Waals surface area contributed by atoms with Gasteiger partial charge in [-0.2, -0.15) is 0 Å². The van der Waals surface area contributed by atoms with Crippen molar-refractivity contribution in [2.45, 2.75) is 63.4 Å². The van der Waals surface area contributed by atoms with Crippen molar-refractivity contribution in [1.82, 2.24) is 20.1 Å². The Morgan fingerprint density at radius 2 is 1.94 bits per heavy atom. The number of carbonyl (C=O) groups excluding carboxylic acids is 1. The molecule has 0 aliphatic heterocycles. The van der Waals surface area contributed by atoms with E-state index in [0.29, 0.717) is 22.4 Å². The number of rotatable bonds is 13. The van der Waals surface area contributed by atoms with Crippen molar-refractivity contribution in [3.05, 3.63) is 70.0 Å². The highest BCUT2D eigenvalue weighted by atomic mass is 32.2. The maximum Gasteiger partial charge on any atom is 0.269 e. The van der Waals surface area contributed by atoms with Gasteiger partial charge < -0.3 is 10.1 Å². The highest BCUT2D eigenvalue weighted by Crippen LogP contribution is 2.29. The summed E-state index contributed by atoms with van der Waals surface area (Å²) in [7, 11) is 1.63. The number of nitro groups is 1. The molecule has 2 aromatic carbocycles. The first-order valence-corrected chi connectivity index (χ1v) is 13.1. The topological polar surface area (TPSA) is 112 Å². The number of hydrogen-bond acceptors (Lipinski definition) is 7. The summed E-state index contributed by atoms with van der Waals surface area (Å²) in [5.41, 5.74) is 1.75. The molecule has 0 bridgehead atoms. The van der Waals surface area contributed by atoms with Crippen LogP contribution in [0.1, 0.15) is 63.9 Å². The smallest absolute Gasteiger partial charge is 0.269 e. The van der Waals surface area contributed by atoms with E-state index in [0.717, 1.165) is 37.0 Å². The minimum atomic E-state index is -0.431. The molecule has 0 fully saturated rings. The van der Waals surface area contributed by atoms with E-state index in [-0.39, 0.29) is 17.5 Å². The normalized spacial score (nSPS) is 12.7. The lowest BCUT2D eigenvalue weighted by Crippen LogP contribution is -2.33. The van der Waals surface area contributed by atoms with Gasteiger partial charge >= 0.3 is 0 Å². The maximum atomic E-state index is 12.9. The second kappa shape index (κ2) is 13.1. The lowest BCUT2D eigenvalue weighted by Gasteiger charge is -2.20. The molecular formula is C26H33N5O4S. The number of nitro benzene ring substituents is 1. The second-order valence-electron chi connectivity index (χ2n) is 8.57. The molecule has 2 unspecified atom stereocenters. The predicted molar refractivity (Wildman–Crippen MR) is 140 cm³/mol. The molecule has 36 heavy (non-hydrogen) atoms. The first kappa shape index (κ1) is 27.2. The zero-order valence-electron chi connectivity index (χ0n) is 21.1. The van der Waals surface area contributed by atoms with Crippen molar-refractivity contribution >= 4 is 23.4 Å². The fourth-order valence-electron chi connectivity index (χ4n) is 3.90. The largest absolute Gasteiger partial charge is 0.497 e. The van der Waals surface area contributed by atoms with E-state index in [1.807, 2.05) is 42.7 Å². The number of benzene rings is 2. The molecule has 10 heteroatoms. The summed E-state index contributed by atoms with van der Waals surface area (Å²) < 4.78 is 7.17. The Bertz CT molecular complexity index is 1170. The minimum absolute atomic E-state index is 0.00187. The first-order chi connectivity index (χ1) is 17.4. The number of carbonyl (C=O) groups is 1. The fraction of sp³-hybridized carbons (Fsp3) is 0.423. The summed E-state index contributed by atoms with van der Waals surface area (Å²) in [4.78, 5) is 23.7. The highest BCUT2D eigenvalue weighted by molar-refractivity contribution is 7.98. The van der Waals surface area contributed by atoms with Gasteiger partial charge in [-0.1, -0.05) is 50.6 Å². The molecule has 0 saturated heterocycles. The van der Waals surface area contributed by atoms with Gasteiger partial charge in [0, 0.05) is 29.5 Å². The van der Waals surface area contributed by atoms with Gasteiger partial charge in [0.1, 0.15) is 5.75 Å². The Morgan fingerprint density at radius 3 is 2.58 bits per heavy atom. The van der Waals surface area contributed by atoms with Crippen LogP contribution in [0.15, 0.2) is 53.7 Å². The summed E-state index contributed by atoms with van der Waals surface area (Å²) in [6.07, 6.45) is 3.67. The number of amides is 1. The van der Waals surface area contributed by atoms with E-state index in [2.05, 4.69) is 22.4 Å². The molecule has 1 heterocycles. The predicted octanol–water partition coefficient (Wildman–Crippen LogP) is 5.87. The van der Waals surface area contributed by atoms with Crippen LogP contribution < -0.4 is 10.1 Å². The van der Waals surface area contributed by atoms with Crippen molar-refractivity contribution < 1.29 is 14.5 Å². The number of nitrogens with zero attached hydrogens (tertiary/aromatic N) is 4. The number of aromatic nitrogens is 3. The van der Waals surface area contributed by atoms with E-state index in [9.17, 15) is 14.9 Å². The number of hydrogen-bond donors (Lipinski definition) is 1. The number of ether oxygens (including phenoxy) is 1. The Labute approximate surface area is 215 Å². The fourth-order valence-corrected chi connectivity index (χ4v) is 4.80. The quantitative estimate of drug-likeness (QED) is 0.173. The molecular weight excluding hydrogens is 478 g/mol. The van der Waals surface area contributed by atoms with Crippen LogP contribution >= 0.6 is 11.8 Å². The van der Waals surface area contributed by atoms with E-state index in [4.69, 9.17) is 4.74 Å². The van der Waals surface area contributed by atoms with Crippen molar-refractivity contribution in [3.63, 3.8) is 0 Å². The van der Waals surface area contributed by atoms with Gasteiger partial charge in [0.15, 0.2) is 11.0 Å². The lowest BCUT2D eigenvalue weighted by atomic mass is 9.98. The number of thioether (sulfide) groups is 1. The number of non-ortho nitro benzene ring substituents is 1. The van der Waals surface area contributed by atoms with E-state index in [1.54, 1.807) is 19.2 Å². The minimum Gasteiger partial charge on any atom is -0.497 e. The standard InChI is InChI=1S/C26H33N5O4S/c1-5-7-10-20(6-2)25(32)27-18(3)24-28-29-26(36-17-19-9-8-11-23(16-19)35-4)30(24)21-12-14-22(15-13-21)31(33)34/h8-9,11-16,18,20H,5-7,10,17H2,1-4H3,(H,27,32). The van der Waals surface area contributed by atoms with E-state index < -0.39 is 11.0 Å². The molecule has 3 aromatic rings. The Kier molecular flexibility index (Phi) is 9.86. The summed E-state index contributed by atoms with van der Waals surface area (Å²) in [6.45, 7) is 6.02. The molecule has 1 N–H and O–H groups in total. The van der Waals surface area contributed by atoms with Crippen LogP contribution in [0.2, 0.25) is 0 Å². The van der Waals surface area contributed by atoms with E-state index in [1.165, 1.54) is 23.9 Å². The zero-order chi connectivity index (χ0) is 26.1. The third-order valence-electron chi connectivity index (χ3n) is 5.99. The maximum absolute atomic E-state index is 12.9. The van der Waals surface area contributed by atoms with Gasteiger partial charge in [-0.15, -0.1) is 10.2 Å². The molecule has 0 saturated carbocycles. The second-order valence-corrected chi connectivity index (χ2v) is 9.51. The lowest BCUT2D eigenvalue weighted by molar-refractivity contribution is -0.384. The average Bonchev–Trinajstić information content (AvgIpc) is 3.32. The highest BCUT2D eigenvalue weighted by Gasteiger charge is 2.24. The van der Waals surface area contributed by atoms with Crippen LogP contribution in [-0.4, -0.2) is 32.7 Å².